The minimum absolute atomic E-state index is 0.0856. The normalized spacial score (nSPS) is 31.2. The van der Waals surface area contributed by atoms with Crippen molar-refractivity contribution in [1.82, 2.24) is 5.12 Å². The van der Waals surface area contributed by atoms with E-state index < -0.39 is 0 Å². The third-order valence-corrected chi connectivity index (χ3v) is 1.21. The molecule has 0 aromatic carbocycles. The molecule has 1 aliphatic heterocycles. The molecule has 1 rings (SSSR count). The Balaban J connectivity index is 2.62. The van der Waals surface area contributed by atoms with Gasteiger partial charge in [-0.05, 0) is 6.92 Å². The molecule has 0 aromatic heterocycles. The van der Waals surface area contributed by atoms with Crippen LogP contribution in [0.5, 0.6) is 0 Å². The van der Waals surface area contributed by atoms with Crippen molar-refractivity contribution in [3.8, 4) is 0 Å². The summed E-state index contributed by atoms with van der Waals surface area (Å²) >= 11 is 0. The van der Waals surface area contributed by atoms with Crippen molar-refractivity contribution >= 4 is 6.02 Å². The van der Waals surface area contributed by atoms with Gasteiger partial charge in [-0.2, -0.15) is 5.12 Å². The molecule has 1 saturated heterocycles. The fourth-order valence-corrected chi connectivity index (χ4v) is 0.671. The van der Waals surface area contributed by atoms with Gasteiger partial charge in [0.15, 0.2) is 0 Å². The highest BCUT2D eigenvalue weighted by molar-refractivity contribution is 5.74. The lowest BCUT2D eigenvalue weighted by Crippen LogP contribution is -2.22. The van der Waals surface area contributed by atoms with E-state index in [1.54, 1.807) is 6.92 Å². The number of halogens is 1. The van der Waals surface area contributed by atoms with E-state index >= 15 is 0 Å². The molecule has 1 atom stereocenters. The third kappa shape index (κ3) is 0.966. The van der Waals surface area contributed by atoms with Crippen LogP contribution in [0.15, 0.2) is 4.99 Å². The second kappa shape index (κ2) is 2.21. The van der Waals surface area contributed by atoms with Gasteiger partial charge < -0.3 is 4.74 Å². The predicted molar refractivity (Wildman–Crippen MR) is 31.7 cm³/mol. The smallest absolute Gasteiger partial charge is 0.316 e. The number of rotatable bonds is 0. The number of amidine groups is 1. The Labute approximate surface area is 53.1 Å². The maximum absolute atomic E-state index is 12.6. The van der Waals surface area contributed by atoms with Crippen LogP contribution in [0.25, 0.3) is 0 Å². The second-order valence-corrected chi connectivity index (χ2v) is 1.98. The van der Waals surface area contributed by atoms with Crippen LogP contribution in [-0.4, -0.2) is 30.8 Å². The average Bonchev–Trinajstić information content (AvgIpc) is 2.15. The van der Waals surface area contributed by atoms with Crippen molar-refractivity contribution < 1.29 is 9.22 Å². The first-order valence-electron chi connectivity index (χ1n) is 2.80. The summed E-state index contributed by atoms with van der Waals surface area (Å²) in [5, 5.41) is 0.528. The van der Waals surface area contributed by atoms with Crippen molar-refractivity contribution in [3.63, 3.8) is 0 Å². The summed E-state index contributed by atoms with van der Waals surface area (Å²) in [6, 6.07) is -0.105. The number of aliphatic imine (C=N–C) groups is 1. The molecule has 0 saturated carbocycles. The van der Waals surface area contributed by atoms with Gasteiger partial charge in [0, 0.05) is 7.05 Å². The molecule has 52 valence electrons. The molecule has 4 heteroatoms. The lowest BCUT2D eigenvalue weighted by Gasteiger charge is -2.05. The molecule has 1 unspecified atom stereocenters. The van der Waals surface area contributed by atoms with Crippen LogP contribution in [0.1, 0.15) is 6.92 Å². The average molecular weight is 132 g/mol. The van der Waals surface area contributed by atoms with Gasteiger partial charge in [-0.1, -0.05) is 4.48 Å². The zero-order valence-electron chi connectivity index (χ0n) is 5.47. The highest BCUT2D eigenvalue weighted by Gasteiger charge is 2.26. The first kappa shape index (κ1) is 6.32. The first-order valence-corrected chi connectivity index (χ1v) is 2.80. The van der Waals surface area contributed by atoms with Crippen LogP contribution in [0.3, 0.4) is 0 Å². The molecule has 0 bridgehead atoms. The fraction of sp³-hybridized carbons (Fsp3) is 0.800. The zero-order valence-corrected chi connectivity index (χ0v) is 5.47. The Kier molecular flexibility index (Phi) is 1.55. The molecular formula is C5H9FN2O. The van der Waals surface area contributed by atoms with Gasteiger partial charge in [-0.3, -0.25) is 0 Å². The lowest BCUT2D eigenvalue weighted by molar-refractivity contribution is 0.0955. The van der Waals surface area contributed by atoms with Gasteiger partial charge in [0.2, 0.25) is 0 Å². The molecule has 1 fully saturated rings. The van der Waals surface area contributed by atoms with E-state index in [1.165, 1.54) is 7.05 Å². The summed E-state index contributed by atoms with van der Waals surface area (Å²) in [6.45, 7) is 2.13. The minimum Gasteiger partial charge on any atom is -0.461 e. The lowest BCUT2D eigenvalue weighted by atomic mass is 10.4. The summed E-state index contributed by atoms with van der Waals surface area (Å²) in [4.78, 5) is 3.56. The van der Waals surface area contributed by atoms with Crippen molar-refractivity contribution in [2.24, 2.45) is 4.99 Å². The van der Waals surface area contributed by atoms with Crippen LogP contribution in [0.4, 0.5) is 4.48 Å². The monoisotopic (exact) mass is 132 g/mol. The molecule has 0 N–H and O–H groups in total. The van der Waals surface area contributed by atoms with Crippen LogP contribution in [0.2, 0.25) is 0 Å². The van der Waals surface area contributed by atoms with E-state index in [0.717, 1.165) is 0 Å². The van der Waals surface area contributed by atoms with Crippen LogP contribution in [0, 0.1) is 0 Å². The number of nitrogens with zero attached hydrogens (tertiary/aromatic N) is 2. The van der Waals surface area contributed by atoms with Crippen molar-refractivity contribution in [3.05, 3.63) is 0 Å². The van der Waals surface area contributed by atoms with Crippen molar-refractivity contribution in [2.75, 3.05) is 13.7 Å². The van der Waals surface area contributed by atoms with E-state index in [2.05, 4.69) is 4.99 Å². The topological polar surface area (TPSA) is 24.8 Å². The maximum Gasteiger partial charge on any atom is 0.316 e. The van der Waals surface area contributed by atoms with Crippen LogP contribution in [-0.2, 0) is 4.74 Å². The predicted octanol–water partition coefficient (Wildman–Crippen LogP) is 0.577. The van der Waals surface area contributed by atoms with Crippen LogP contribution >= 0.6 is 0 Å². The molecule has 0 aromatic rings. The molecule has 1 heterocycles. The Morgan fingerprint density at radius 1 is 1.89 bits per heavy atom. The molecule has 0 amide bonds. The summed E-state index contributed by atoms with van der Waals surface area (Å²) in [5.74, 6) is 0. The Hall–Kier alpha value is -0.800. The van der Waals surface area contributed by atoms with Gasteiger partial charge >= 0.3 is 6.02 Å². The highest BCUT2D eigenvalue weighted by atomic mass is 19.2. The van der Waals surface area contributed by atoms with E-state index in [0.29, 0.717) is 11.7 Å². The largest absolute Gasteiger partial charge is 0.461 e. The second-order valence-electron chi connectivity index (χ2n) is 1.98. The molecule has 0 aliphatic carbocycles. The molecule has 0 radical (unpaired) electrons. The van der Waals surface area contributed by atoms with Gasteiger partial charge in [-0.25, -0.2) is 4.99 Å². The molecular weight excluding hydrogens is 123 g/mol. The maximum atomic E-state index is 12.6. The molecule has 1 aliphatic rings. The Bertz CT molecular complexity index is 137. The van der Waals surface area contributed by atoms with Crippen molar-refractivity contribution in [1.29, 1.82) is 0 Å². The number of ether oxygens (including phenoxy) is 1. The van der Waals surface area contributed by atoms with E-state index in [1.807, 2.05) is 0 Å². The first-order chi connectivity index (χ1) is 4.25. The highest BCUT2D eigenvalue weighted by Crippen LogP contribution is 2.10. The van der Waals surface area contributed by atoms with E-state index in [-0.39, 0.29) is 12.1 Å². The zero-order chi connectivity index (χ0) is 6.85. The molecule has 0 spiro atoms. The SMILES string of the molecule is CN=C1OCC(C)N1F. The summed E-state index contributed by atoms with van der Waals surface area (Å²) < 4.78 is 17.4. The van der Waals surface area contributed by atoms with E-state index in [9.17, 15) is 4.48 Å². The van der Waals surface area contributed by atoms with Gasteiger partial charge in [0.25, 0.3) is 0 Å². The molecule has 3 nitrogen and oxygen atoms in total. The Morgan fingerprint density at radius 3 is 2.78 bits per heavy atom. The minimum atomic E-state index is -0.191. The van der Waals surface area contributed by atoms with Gasteiger partial charge in [0.1, 0.15) is 6.61 Å². The van der Waals surface area contributed by atoms with Crippen LogP contribution < -0.4 is 0 Å². The third-order valence-electron chi connectivity index (χ3n) is 1.21. The summed E-state index contributed by atoms with van der Waals surface area (Å²) in [7, 11) is 1.50. The summed E-state index contributed by atoms with van der Waals surface area (Å²) in [6.07, 6.45) is 0. The fourth-order valence-electron chi connectivity index (χ4n) is 0.671. The Morgan fingerprint density at radius 2 is 2.56 bits per heavy atom. The van der Waals surface area contributed by atoms with Crippen molar-refractivity contribution in [2.45, 2.75) is 13.0 Å². The van der Waals surface area contributed by atoms with E-state index in [4.69, 9.17) is 4.74 Å². The molecule has 9 heavy (non-hydrogen) atoms. The van der Waals surface area contributed by atoms with Gasteiger partial charge in [0.05, 0.1) is 6.04 Å². The standard InChI is InChI=1S/C5H9FN2O/c1-4-3-9-5(7-2)8(4)6/h4H,3H2,1-2H3. The summed E-state index contributed by atoms with van der Waals surface area (Å²) in [5.41, 5.74) is 0. The number of hydrogen-bond donors (Lipinski definition) is 0. The number of hydrogen-bond acceptors (Lipinski definition) is 2. The quantitative estimate of drug-likeness (QED) is 0.450. The van der Waals surface area contributed by atoms with Gasteiger partial charge in [-0.15, -0.1) is 0 Å².